The van der Waals surface area contributed by atoms with Crippen LogP contribution in [0.15, 0.2) is 273 Å². The third-order valence-corrected chi connectivity index (χ3v) is 20.6. The summed E-state index contributed by atoms with van der Waals surface area (Å²) in [6.45, 7) is 5.07. The predicted octanol–water partition coefficient (Wildman–Crippen LogP) is 21.5. The number of para-hydroxylation sites is 4. The molecule has 432 valence electrons. The van der Waals surface area contributed by atoms with Gasteiger partial charge in [-0.1, -0.05) is 197 Å². The van der Waals surface area contributed by atoms with Crippen LogP contribution < -0.4 is 0 Å². The van der Waals surface area contributed by atoms with Crippen LogP contribution >= 0.6 is 0 Å². The van der Waals surface area contributed by atoms with Crippen molar-refractivity contribution in [1.29, 1.82) is 0 Å². The number of hydrogen-bond donors (Lipinski definition) is 0. The number of nitrogens with zero attached hydrogens (tertiary/aromatic N) is 7. The van der Waals surface area contributed by atoms with Gasteiger partial charge < -0.3 is 13.7 Å². The summed E-state index contributed by atoms with van der Waals surface area (Å²) in [5, 5.41) is 9.57. The lowest BCUT2D eigenvalue weighted by Gasteiger charge is -2.35. The van der Waals surface area contributed by atoms with E-state index in [1.807, 2.05) is 36.4 Å². The average Bonchev–Trinajstić information content (AvgIpc) is 1.59. The second-order valence-corrected chi connectivity index (χ2v) is 25.8. The van der Waals surface area contributed by atoms with Gasteiger partial charge in [-0.15, -0.1) is 0 Å². The fourth-order valence-corrected chi connectivity index (χ4v) is 16.6. The number of aromatic nitrogens is 7. The molecule has 2 unspecified atom stereocenters. The van der Waals surface area contributed by atoms with Crippen LogP contribution in [0.1, 0.15) is 56.6 Å². The summed E-state index contributed by atoms with van der Waals surface area (Å²) in [6, 6.07) is 100.0. The van der Waals surface area contributed by atoms with Gasteiger partial charge in [0.2, 0.25) is 5.95 Å². The fraction of sp³-hybridized carbons (Fsp3) is 0.107. The van der Waals surface area contributed by atoms with Crippen molar-refractivity contribution in [3.8, 4) is 68.0 Å². The van der Waals surface area contributed by atoms with Crippen molar-refractivity contribution in [3.05, 3.63) is 284 Å². The maximum absolute atomic E-state index is 5.37. The Hall–Kier alpha value is -11.2. The molecule has 7 heteroatoms. The zero-order chi connectivity index (χ0) is 60.1. The summed E-state index contributed by atoms with van der Waals surface area (Å²) in [4.78, 5) is 15.9. The van der Waals surface area contributed by atoms with E-state index in [0.29, 0.717) is 29.4 Å². The Bertz CT molecular complexity index is 5740. The Balaban J connectivity index is 0.820. The molecule has 0 amide bonds. The molecule has 0 aliphatic heterocycles. The van der Waals surface area contributed by atoms with Crippen molar-refractivity contribution >= 4 is 87.2 Å². The van der Waals surface area contributed by atoms with Gasteiger partial charge in [-0.05, 0) is 167 Å². The lowest BCUT2D eigenvalue weighted by atomic mass is 9.69. The quantitative estimate of drug-likeness (QED) is 0.152. The second kappa shape index (κ2) is 19.9. The van der Waals surface area contributed by atoms with Crippen molar-refractivity contribution < 1.29 is 0 Å². The van der Waals surface area contributed by atoms with Gasteiger partial charge in [-0.3, -0.25) is 4.57 Å². The van der Waals surface area contributed by atoms with Gasteiger partial charge in [-0.25, -0.2) is 4.98 Å². The molecule has 12 aromatic carbocycles. The number of rotatable bonds is 8. The van der Waals surface area contributed by atoms with E-state index in [0.717, 1.165) is 77.4 Å². The van der Waals surface area contributed by atoms with Crippen LogP contribution in [0, 0.1) is 5.92 Å². The molecule has 91 heavy (non-hydrogen) atoms. The molecule has 0 N–H and O–H groups in total. The van der Waals surface area contributed by atoms with E-state index in [-0.39, 0.29) is 5.41 Å². The van der Waals surface area contributed by atoms with E-state index >= 15 is 0 Å². The molecular weight excluding hydrogens is 1110 g/mol. The molecule has 19 rings (SSSR count). The van der Waals surface area contributed by atoms with E-state index < -0.39 is 0 Å². The molecule has 5 heterocycles. The van der Waals surface area contributed by atoms with E-state index in [9.17, 15) is 0 Å². The van der Waals surface area contributed by atoms with Gasteiger partial charge in [0.15, 0.2) is 11.6 Å². The summed E-state index contributed by atoms with van der Waals surface area (Å²) in [5.41, 5.74) is 22.4. The van der Waals surface area contributed by atoms with Crippen molar-refractivity contribution in [2.75, 3.05) is 0 Å². The maximum Gasteiger partial charge on any atom is 0.238 e. The molecule has 0 radical (unpaired) electrons. The molecule has 2 atom stereocenters. The first-order valence-corrected chi connectivity index (χ1v) is 32.2. The first-order valence-electron chi connectivity index (χ1n) is 32.2. The van der Waals surface area contributed by atoms with Crippen LogP contribution in [0.3, 0.4) is 0 Å². The third-order valence-electron chi connectivity index (χ3n) is 20.6. The highest BCUT2D eigenvalue weighted by atomic mass is 15.2. The number of fused-ring (bicyclic) bond motifs is 16. The molecule has 0 spiro atoms. The van der Waals surface area contributed by atoms with Crippen LogP contribution in [0.4, 0.5) is 0 Å². The highest BCUT2D eigenvalue weighted by Gasteiger charge is 2.48. The topological polar surface area (TPSA) is 58.4 Å². The molecule has 5 aromatic heterocycles. The van der Waals surface area contributed by atoms with Gasteiger partial charge in [0.05, 0.1) is 44.1 Å². The van der Waals surface area contributed by atoms with Gasteiger partial charge >= 0.3 is 0 Å². The lowest BCUT2D eigenvalue weighted by molar-refractivity contribution is 0.233. The highest BCUT2D eigenvalue weighted by molar-refractivity contribution is 6.20. The minimum absolute atomic E-state index is 0.0678. The molecule has 0 saturated heterocycles. The summed E-state index contributed by atoms with van der Waals surface area (Å²) in [7, 11) is 0. The fourth-order valence-electron chi connectivity index (χ4n) is 16.6. The third kappa shape index (κ3) is 7.83. The molecule has 1 fully saturated rings. The lowest BCUT2D eigenvalue weighted by Crippen LogP contribution is -2.28. The largest absolute Gasteiger partial charge is 0.309 e. The first-order chi connectivity index (χ1) is 44.9. The molecule has 2 aliphatic carbocycles. The maximum atomic E-state index is 5.37. The summed E-state index contributed by atoms with van der Waals surface area (Å²) in [6.07, 6.45) is 5.24. The van der Waals surface area contributed by atoms with E-state index in [2.05, 4.69) is 269 Å². The van der Waals surface area contributed by atoms with Crippen molar-refractivity contribution in [1.82, 2.24) is 33.2 Å². The smallest absolute Gasteiger partial charge is 0.238 e. The Labute approximate surface area is 526 Å². The number of hydrogen-bond acceptors (Lipinski definition) is 3. The van der Waals surface area contributed by atoms with Crippen LogP contribution in [-0.4, -0.2) is 33.2 Å². The minimum atomic E-state index is 0.0678. The first kappa shape index (κ1) is 51.9. The minimum Gasteiger partial charge on any atom is -0.309 e. The summed E-state index contributed by atoms with van der Waals surface area (Å²) in [5.74, 6) is 3.08. The van der Waals surface area contributed by atoms with Gasteiger partial charge in [-0.2, -0.15) is 9.97 Å². The van der Waals surface area contributed by atoms with Crippen LogP contribution in [-0.2, 0) is 5.41 Å². The van der Waals surface area contributed by atoms with Crippen molar-refractivity contribution in [2.45, 2.75) is 50.9 Å². The van der Waals surface area contributed by atoms with E-state index in [4.69, 9.17) is 15.0 Å². The molecule has 0 bridgehead atoms. The Kier molecular flexibility index (Phi) is 11.4. The predicted molar refractivity (Wildman–Crippen MR) is 377 cm³/mol. The van der Waals surface area contributed by atoms with Crippen LogP contribution in [0.2, 0.25) is 0 Å². The van der Waals surface area contributed by atoms with Crippen molar-refractivity contribution in [2.24, 2.45) is 5.92 Å². The summed E-state index contributed by atoms with van der Waals surface area (Å²) < 4.78 is 9.69. The monoisotopic (exact) mass is 1170 g/mol. The normalized spacial score (nSPS) is 15.5. The van der Waals surface area contributed by atoms with Gasteiger partial charge in [0, 0.05) is 71.3 Å². The number of benzene rings is 12. The standard InChI is InChI=1S/C84H61N7/c1-84(2)71-34-20-18-32-61(71)63-40-41-64-65-46-54(38-44-75(65)90(80(64)79(63)84)60-30-16-7-17-31-60)55-36-42-73-66(47-55)67-48-56(37-43-74(67)88(73)58-26-12-5-13-27-58)57-39-45-76-68(49-57)70-51-77-69(62-33-19-21-35-72(62)89(77)59-28-14-6-15-29-59)50-78(70)91(76)83-86-81(52-22-8-3-9-23-52)85-82(87-83)53-24-10-4-11-25-53/h3-17,19,21-31,33,35-51,61,71H,18,20,32,34H2,1-2H3. The highest BCUT2D eigenvalue weighted by Crippen LogP contribution is 2.59. The van der Waals surface area contributed by atoms with E-state index in [1.165, 1.54) is 86.0 Å². The average molecular weight is 1170 g/mol. The second-order valence-electron chi connectivity index (χ2n) is 25.8. The SMILES string of the molecule is CC1(C)c2c(ccc3c4cc(-c5ccc6c(c5)c5cc(-c7ccc8c(c7)c7cc9c(cc7n8-c7nc(-c8ccccc8)nc(-c8ccccc8)n7)c7ccccc7n9-c7ccccc7)ccc5n6-c5ccccc5)ccc4n(-c4ccccc4)c23)C2CCCCC21. The Morgan fingerprint density at radius 1 is 0.308 bits per heavy atom. The van der Waals surface area contributed by atoms with Crippen molar-refractivity contribution in [3.63, 3.8) is 0 Å². The Morgan fingerprint density at radius 2 is 0.703 bits per heavy atom. The molecule has 2 aliphatic rings. The molecular formula is C84H61N7. The Morgan fingerprint density at radius 3 is 1.24 bits per heavy atom. The van der Waals surface area contributed by atoms with Gasteiger partial charge in [0.25, 0.3) is 0 Å². The van der Waals surface area contributed by atoms with Crippen LogP contribution in [0.5, 0.6) is 0 Å². The summed E-state index contributed by atoms with van der Waals surface area (Å²) >= 11 is 0. The van der Waals surface area contributed by atoms with E-state index in [1.54, 1.807) is 11.1 Å². The molecule has 1 saturated carbocycles. The zero-order valence-corrected chi connectivity index (χ0v) is 50.6. The molecule has 17 aromatic rings. The van der Waals surface area contributed by atoms with Gasteiger partial charge in [0.1, 0.15) is 0 Å². The molecule has 7 nitrogen and oxygen atoms in total. The van der Waals surface area contributed by atoms with Crippen LogP contribution in [0.25, 0.3) is 155 Å². The zero-order valence-electron chi connectivity index (χ0n) is 50.6.